The molecule has 0 saturated carbocycles. The van der Waals surface area contributed by atoms with Gasteiger partial charge >= 0.3 is 0 Å². The van der Waals surface area contributed by atoms with E-state index in [1.54, 1.807) is 0 Å². The van der Waals surface area contributed by atoms with Crippen LogP contribution < -0.4 is 0 Å². The molecule has 9 aromatic carbocycles. The van der Waals surface area contributed by atoms with Gasteiger partial charge in [0.25, 0.3) is 0 Å². The van der Waals surface area contributed by atoms with Crippen LogP contribution in [0.15, 0.2) is 217 Å². The molecule has 0 aliphatic carbocycles. The number of hydrogen-bond donors (Lipinski definition) is 0. The highest BCUT2D eigenvalue weighted by atomic mass is 16.3. The van der Waals surface area contributed by atoms with Crippen LogP contribution in [0.5, 0.6) is 0 Å². The summed E-state index contributed by atoms with van der Waals surface area (Å²) in [6.45, 7) is 0. The van der Waals surface area contributed by atoms with Gasteiger partial charge in [0.1, 0.15) is 11.2 Å². The third-order valence-electron chi connectivity index (χ3n) is 11.1. The van der Waals surface area contributed by atoms with Crippen LogP contribution in [-0.4, -0.2) is 15.0 Å². The standard InChI is InChI=1S/C55H35N3O/c1-4-15-39(16-5-1)46-32-33-49-50(48-25-13-24-47(52(48)59-49)40-17-6-2-7-18-40)51(46)55-57-53(41-19-8-3-9-20-41)56-54(58-55)45-23-12-22-43(35-45)37-26-28-38(29-27-37)44-31-30-36-14-10-11-21-42(36)34-44/h1-35H. The van der Waals surface area contributed by atoms with Gasteiger partial charge in [-0.2, -0.15) is 0 Å². The molecular formula is C55H35N3O. The summed E-state index contributed by atoms with van der Waals surface area (Å²) in [7, 11) is 0. The minimum atomic E-state index is 0.580. The molecule has 0 N–H and O–H groups in total. The average Bonchev–Trinajstić information content (AvgIpc) is 3.71. The molecule has 2 aromatic heterocycles. The molecule has 0 unspecified atom stereocenters. The molecule has 0 spiro atoms. The quantitative estimate of drug-likeness (QED) is 0.163. The minimum Gasteiger partial charge on any atom is -0.455 e. The Morgan fingerprint density at radius 1 is 0.305 bits per heavy atom. The highest BCUT2D eigenvalue weighted by molar-refractivity contribution is 6.17. The number of aromatic nitrogens is 3. The summed E-state index contributed by atoms with van der Waals surface area (Å²) in [5.41, 5.74) is 13.1. The fourth-order valence-corrected chi connectivity index (χ4v) is 8.22. The molecule has 0 fully saturated rings. The van der Waals surface area contributed by atoms with Crippen LogP contribution in [0.1, 0.15) is 0 Å². The van der Waals surface area contributed by atoms with E-state index in [1.807, 2.05) is 30.3 Å². The van der Waals surface area contributed by atoms with Crippen LogP contribution in [0.4, 0.5) is 0 Å². The number of benzene rings is 9. The summed E-state index contributed by atoms with van der Waals surface area (Å²) in [5.74, 6) is 1.78. The number of furan rings is 1. The van der Waals surface area contributed by atoms with Crippen molar-refractivity contribution in [1.82, 2.24) is 15.0 Å². The smallest absolute Gasteiger partial charge is 0.165 e. The van der Waals surface area contributed by atoms with E-state index in [0.717, 1.165) is 72.0 Å². The third-order valence-corrected chi connectivity index (χ3v) is 11.1. The van der Waals surface area contributed by atoms with Crippen molar-refractivity contribution in [3.8, 4) is 78.7 Å². The summed E-state index contributed by atoms with van der Waals surface area (Å²) >= 11 is 0. The lowest BCUT2D eigenvalue weighted by molar-refractivity contribution is 0.670. The monoisotopic (exact) mass is 753 g/mol. The zero-order valence-electron chi connectivity index (χ0n) is 32.0. The topological polar surface area (TPSA) is 51.8 Å². The molecule has 0 bridgehead atoms. The average molecular weight is 754 g/mol. The van der Waals surface area contributed by atoms with E-state index in [1.165, 1.54) is 21.9 Å². The molecule has 2 heterocycles. The van der Waals surface area contributed by atoms with Crippen LogP contribution in [0.3, 0.4) is 0 Å². The number of para-hydroxylation sites is 1. The maximum Gasteiger partial charge on any atom is 0.165 e. The van der Waals surface area contributed by atoms with Crippen molar-refractivity contribution in [3.63, 3.8) is 0 Å². The van der Waals surface area contributed by atoms with Crippen molar-refractivity contribution in [3.05, 3.63) is 212 Å². The van der Waals surface area contributed by atoms with E-state index in [2.05, 4.69) is 182 Å². The second kappa shape index (κ2) is 14.5. The van der Waals surface area contributed by atoms with E-state index < -0.39 is 0 Å². The van der Waals surface area contributed by atoms with Crippen LogP contribution in [0.25, 0.3) is 111 Å². The Morgan fingerprint density at radius 2 is 0.831 bits per heavy atom. The third kappa shape index (κ3) is 6.34. The number of nitrogens with zero attached hydrogens (tertiary/aromatic N) is 3. The predicted molar refractivity (Wildman–Crippen MR) is 243 cm³/mol. The zero-order chi connectivity index (χ0) is 39.1. The van der Waals surface area contributed by atoms with Crippen molar-refractivity contribution >= 4 is 32.7 Å². The molecule has 11 rings (SSSR count). The first-order chi connectivity index (χ1) is 29.2. The first-order valence-corrected chi connectivity index (χ1v) is 19.8. The summed E-state index contributed by atoms with van der Waals surface area (Å²) in [4.78, 5) is 15.8. The Labute approximate surface area is 341 Å². The lowest BCUT2D eigenvalue weighted by atomic mass is 9.93. The Balaban J connectivity index is 1.09. The largest absolute Gasteiger partial charge is 0.455 e. The highest BCUT2D eigenvalue weighted by Gasteiger charge is 2.23. The second-order valence-corrected chi connectivity index (χ2v) is 14.8. The SMILES string of the molecule is c1ccc(-c2nc(-c3cccc(-c4ccc(-c5ccc6ccccc6c5)cc4)c3)nc(-c3c(-c4ccccc4)ccc4oc5c(-c6ccccc6)cccc5c34)n2)cc1. The van der Waals surface area contributed by atoms with Gasteiger partial charge in [0.2, 0.25) is 0 Å². The van der Waals surface area contributed by atoms with Gasteiger partial charge in [0.15, 0.2) is 17.5 Å². The first-order valence-electron chi connectivity index (χ1n) is 19.8. The number of rotatable bonds is 7. The van der Waals surface area contributed by atoms with Crippen molar-refractivity contribution in [1.29, 1.82) is 0 Å². The Kier molecular flexibility index (Phi) is 8.45. The summed E-state index contributed by atoms with van der Waals surface area (Å²) in [6.07, 6.45) is 0. The highest BCUT2D eigenvalue weighted by Crippen LogP contribution is 2.44. The molecule has 59 heavy (non-hydrogen) atoms. The van der Waals surface area contributed by atoms with Crippen LogP contribution in [0, 0.1) is 0 Å². The summed E-state index contributed by atoms with van der Waals surface area (Å²) < 4.78 is 6.77. The van der Waals surface area contributed by atoms with E-state index in [-0.39, 0.29) is 0 Å². The van der Waals surface area contributed by atoms with Crippen LogP contribution in [0.2, 0.25) is 0 Å². The maximum atomic E-state index is 6.77. The van der Waals surface area contributed by atoms with E-state index >= 15 is 0 Å². The maximum absolute atomic E-state index is 6.77. The van der Waals surface area contributed by atoms with Gasteiger partial charge in [-0.3, -0.25) is 0 Å². The van der Waals surface area contributed by atoms with Gasteiger partial charge < -0.3 is 4.42 Å². The molecular weight excluding hydrogens is 719 g/mol. The lowest BCUT2D eigenvalue weighted by Gasteiger charge is -2.14. The second-order valence-electron chi connectivity index (χ2n) is 14.8. The first kappa shape index (κ1) is 34.3. The lowest BCUT2D eigenvalue weighted by Crippen LogP contribution is -2.01. The molecule has 4 heteroatoms. The Morgan fingerprint density at radius 3 is 1.54 bits per heavy atom. The van der Waals surface area contributed by atoms with Crippen molar-refractivity contribution < 1.29 is 4.42 Å². The molecule has 0 aliphatic rings. The molecule has 276 valence electrons. The van der Waals surface area contributed by atoms with Gasteiger partial charge in [-0.1, -0.05) is 188 Å². The molecule has 0 atom stereocenters. The van der Waals surface area contributed by atoms with Crippen molar-refractivity contribution in [2.45, 2.75) is 0 Å². The molecule has 0 amide bonds. The normalized spacial score (nSPS) is 11.4. The fraction of sp³-hybridized carbons (Fsp3) is 0. The van der Waals surface area contributed by atoms with Crippen molar-refractivity contribution in [2.75, 3.05) is 0 Å². The van der Waals surface area contributed by atoms with Gasteiger partial charge in [0, 0.05) is 33.0 Å². The van der Waals surface area contributed by atoms with Crippen LogP contribution >= 0.6 is 0 Å². The zero-order valence-corrected chi connectivity index (χ0v) is 32.0. The minimum absolute atomic E-state index is 0.580. The van der Waals surface area contributed by atoms with E-state index in [4.69, 9.17) is 19.4 Å². The van der Waals surface area contributed by atoms with E-state index in [9.17, 15) is 0 Å². The van der Waals surface area contributed by atoms with Gasteiger partial charge in [-0.25, -0.2) is 15.0 Å². The number of fused-ring (bicyclic) bond motifs is 4. The predicted octanol–water partition coefficient (Wildman–Crippen LogP) is 14.6. The Bertz CT molecular complexity index is 3300. The fourth-order valence-electron chi connectivity index (χ4n) is 8.22. The molecule has 0 radical (unpaired) electrons. The van der Waals surface area contributed by atoms with Crippen LogP contribution in [-0.2, 0) is 0 Å². The summed E-state index contributed by atoms with van der Waals surface area (Å²) in [6, 6.07) is 74.0. The molecule has 0 aliphatic heterocycles. The van der Waals surface area contributed by atoms with Gasteiger partial charge in [-0.15, -0.1) is 0 Å². The van der Waals surface area contributed by atoms with Gasteiger partial charge in [0.05, 0.1) is 0 Å². The molecule has 4 nitrogen and oxygen atoms in total. The van der Waals surface area contributed by atoms with Crippen molar-refractivity contribution in [2.24, 2.45) is 0 Å². The van der Waals surface area contributed by atoms with E-state index in [0.29, 0.717) is 17.5 Å². The summed E-state index contributed by atoms with van der Waals surface area (Å²) in [5, 5.41) is 4.45. The Hall–Kier alpha value is -7.95. The molecule has 11 aromatic rings. The number of hydrogen-bond acceptors (Lipinski definition) is 4. The van der Waals surface area contributed by atoms with Gasteiger partial charge in [-0.05, 0) is 74.0 Å². The molecule has 0 saturated heterocycles.